The van der Waals surface area contributed by atoms with Crippen LogP contribution in [0.15, 0.2) is 17.2 Å². The molecule has 2 aliphatic rings. The van der Waals surface area contributed by atoms with Crippen molar-refractivity contribution in [2.75, 3.05) is 12.4 Å². The molecule has 0 aromatic carbocycles. The first-order valence-corrected chi connectivity index (χ1v) is 7.15. The number of hydrogen-bond donors (Lipinski definition) is 1. The molecule has 5 heteroatoms. The fraction of sp³-hybridized carbons (Fsp3) is 0.714. The van der Waals surface area contributed by atoms with Gasteiger partial charge in [0.2, 0.25) is 0 Å². The molecule has 19 heavy (non-hydrogen) atoms. The lowest BCUT2D eigenvalue weighted by molar-refractivity contribution is 0.0607. The minimum absolute atomic E-state index is 0.0356. The van der Waals surface area contributed by atoms with Gasteiger partial charge in [0.05, 0.1) is 0 Å². The van der Waals surface area contributed by atoms with E-state index < -0.39 is 0 Å². The van der Waals surface area contributed by atoms with Crippen molar-refractivity contribution in [3.63, 3.8) is 0 Å². The van der Waals surface area contributed by atoms with Gasteiger partial charge in [-0.05, 0) is 32.7 Å². The molecule has 1 aromatic heterocycles. The molecule has 2 fully saturated rings. The van der Waals surface area contributed by atoms with E-state index in [2.05, 4.69) is 22.2 Å². The first kappa shape index (κ1) is 12.7. The van der Waals surface area contributed by atoms with Crippen LogP contribution in [0.3, 0.4) is 0 Å². The van der Waals surface area contributed by atoms with Gasteiger partial charge < -0.3 is 14.8 Å². The van der Waals surface area contributed by atoms with Gasteiger partial charge in [0.1, 0.15) is 0 Å². The number of nitrogens with one attached hydrogen (secondary N) is 1. The van der Waals surface area contributed by atoms with Crippen LogP contribution in [-0.4, -0.2) is 39.6 Å². The molecule has 3 rings (SSSR count). The van der Waals surface area contributed by atoms with E-state index in [0.29, 0.717) is 23.9 Å². The van der Waals surface area contributed by atoms with Crippen LogP contribution in [0.5, 0.6) is 0 Å². The highest BCUT2D eigenvalue weighted by Gasteiger charge is 2.36. The minimum atomic E-state index is -0.0356. The predicted octanol–water partition coefficient (Wildman–Crippen LogP) is 1.21. The van der Waals surface area contributed by atoms with E-state index in [1.165, 1.54) is 19.3 Å². The molecule has 0 spiro atoms. The van der Waals surface area contributed by atoms with E-state index in [1.54, 1.807) is 24.0 Å². The number of piperidine rings is 2. The summed E-state index contributed by atoms with van der Waals surface area (Å²) >= 11 is 0. The Morgan fingerprint density at radius 3 is 2.63 bits per heavy atom. The second-order valence-corrected chi connectivity index (χ2v) is 5.91. The quantitative estimate of drug-likeness (QED) is 0.870. The van der Waals surface area contributed by atoms with E-state index in [-0.39, 0.29) is 5.56 Å². The number of nitrogens with zero attached hydrogens (tertiary/aromatic N) is 3. The molecule has 0 amide bonds. The lowest BCUT2D eigenvalue weighted by Gasteiger charge is -2.47. The molecule has 104 valence electrons. The molecule has 1 aromatic rings. The Labute approximate surface area is 113 Å². The minimum Gasteiger partial charge on any atom is -0.363 e. The summed E-state index contributed by atoms with van der Waals surface area (Å²) in [5.41, 5.74) is -0.0356. The van der Waals surface area contributed by atoms with Gasteiger partial charge in [0.15, 0.2) is 5.82 Å². The van der Waals surface area contributed by atoms with Gasteiger partial charge >= 0.3 is 0 Å². The van der Waals surface area contributed by atoms with Crippen molar-refractivity contribution in [2.24, 2.45) is 7.05 Å². The van der Waals surface area contributed by atoms with Crippen molar-refractivity contribution >= 4 is 5.82 Å². The number of rotatable bonds is 2. The maximum absolute atomic E-state index is 12.0. The first-order chi connectivity index (χ1) is 9.15. The molecule has 0 radical (unpaired) electrons. The summed E-state index contributed by atoms with van der Waals surface area (Å²) in [5, 5.41) is 3.37. The van der Waals surface area contributed by atoms with Crippen molar-refractivity contribution in [2.45, 2.75) is 50.2 Å². The highest BCUT2D eigenvalue weighted by Crippen LogP contribution is 2.33. The molecular weight excluding hydrogens is 240 g/mol. The number of aryl methyl sites for hydroxylation is 1. The Bertz CT molecular complexity index is 498. The third-order valence-electron chi connectivity index (χ3n) is 4.70. The van der Waals surface area contributed by atoms with E-state index >= 15 is 0 Å². The average Bonchev–Trinajstić information content (AvgIpc) is 2.36. The Morgan fingerprint density at radius 1 is 1.26 bits per heavy atom. The van der Waals surface area contributed by atoms with E-state index in [0.717, 1.165) is 12.8 Å². The molecule has 2 bridgehead atoms. The summed E-state index contributed by atoms with van der Waals surface area (Å²) in [6.07, 6.45) is 9.52. The monoisotopic (exact) mass is 262 g/mol. The van der Waals surface area contributed by atoms with Gasteiger partial charge in [-0.2, -0.15) is 0 Å². The zero-order valence-corrected chi connectivity index (χ0v) is 11.7. The second kappa shape index (κ2) is 4.96. The van der Waals surface area contributed by atoms with Crippen LogP contribution in [0.4, 0.5) is 5.82 Å². The van der Waals surface area contributed by atoms with Gasteiger partial charge in [-0.3, -0.25) is 4.79 Å². The zero-order valence-electron chi connectivity index (χ0n) is 11.7. The van der Waals surface area contributed by atoms with E-state index in [1.807, 2.05) is 0 Å². The maximum Gasteiger partial charge on any atom is 0.293 e. The molecule has 3 heterocycles. The molecule has 2 aliphatic heterocycles. The fourth-order valence-corrected chi connectivity index (χ4v) is 3.52. The zero-order chi connectivity index (χ0) is 13.4. The van der Waals surface area contributed by atoms with Crippen LogP contribution in [0.25, 0.3) is 0 Å². The van der Waals surface area contributed by atoms with Gasteiger partial charge in [-0.15, -0.1) is 0 Å². The smallest absolute Gasteiger partial charge is 0.293 e. The highest BCUT2D eigenvalue weighted by molar-refractivity contribution is 5.32. The molecule has 1 N–H and O–H groups in total. The summed E-state index contributed by atoms with van der Waals surface area (Å²) < 4.78 is 1.57. The molecule has 0 saturated carbocycles. The van der Waals surface area contributed by atoms with Crippen molar-refractivity contribution in [1.29, 1.82) is 0 Å². The standard InChI is InChI=1S/C14H22N4O/c1-17-7-6-15-13(14(17)19)16-10-8-11-4-3-5-12(9-10)18(11)2/h6-7,10-12H,3-5,8-9H2,1-2H3,(H,15,16). The fourth-order valence-electron chi connectivity index (χ4n) is 3.52. The third-order valence-corrected chi connectivity index (χ3v) is 4.70. The van der Waals surface area contributed by atoms with Crippen LogP contribution in [0.2, 0.25) is 0 Å². The summed E-state index contributed by atoms with van der Waals surface area (Å²) in [7, 11) is 4.00. The van der Waals surface area contributed by atoms with Crippen molar-refractivity contribution < 1.29 is 0 Å². The largest absolute Gasteiger partial charge is 0.363 e. The van der Waals surface area contributed by atoms with E-state index in [9.17, 15) is 4.79 Å². The van der Waals surface area contributed by atoms with Gasteiger partial charge in [-0.25, -0.2) is 4.98 Å². The predicted molar refractivity (Wildman–Crippen MR) is 75.3 cm³/mol. The van der Waals surface area contributed by atoms with Crippen LogP contribution in [-0.2, 0) is 7.05 Å². The summed E-state index contributed by atoms with van der Waals surface area (Å²) in [5.74, 6) is 0.498. The van der Waals surface area contributed by atoms with Crippen molar-refractivity contribution in [3.8, 4) is 0 Å². The number of anilines is 1. The molecule has 0 aliphatic carbocycles. The van der Waals surface area contributed by atoms with Gasteiger partial charge in [0, 0.05) is 37.6 Å². The normalized spacial score (nSPS) is 31.2. The highest BCUT2D eigenvalue weighted by atomic mass is 16.1. The molecule has 2 saturated heterocycles. The number of hydrogen-bond acceptors (Lipinski definition) is 4. The molecule has 5 nitrogen and oxygen atoms in total. The van der Waals surface area contributed by atoms with Gasteiger partial charge in [0.25, 0.3) is 5.56 Å². The summed E-state index contributed by atoms with van der Waals surface area (Å²) in [6, 6.07) is 1.71. The average molecular weight is 262 g/mol. The lowest BCUT2D eigenvalue weighted by atomic mass is 9.82. The SMILES string of the molecule is CN1C2CCCC1CC(Nc1nccn(C)c1=O)C2. The lowest BCUT2D eigenvalue weighted by Crippen LogP contribution is -2.53. The van der Waals surface area contributed by atoms with Crippen molar-refractivity contribution in [1.82, 2.24) is 14.5 Å². The van der Waals surface area contributed by atoms with Crippen LogP contribution < -0.4 is 10.9 Å². The summed E-state index contributed by atoms with van der Waals surface area (Å²) in [4.78, 5) is 18.7. The van der Waals surface area contributed by atoms with Gasteiger partial charge in [-0.1, -0.05) is 6.42 Å². The molecular formula is C14H22N4O. The Morgan fingerprint density at radius 2 is 1.95 bits per heavy atom. The number of aromatic nitrogens is 2. The van der Waals surface area contributed by atoms with Crippen LogP contribution in [0.1, 0.15) is 32.1 Å². The Hall–Kier alpha value is -1.36. The maximum atomic E-state index is 12.0. The van der Waals surface area contributed by atoms with Crippen molar-refractivity contribution in [3.05, 3.63) is 22.7 Å². The van der Waals surface area contributed by atoms with Crippen LogP contribution >= 0.6 is 0 Å². The van der Waals surface area contributed by atoms with E-state index in [4.69, 9.17) is 0 Å². The topological polar surface area (TPSA) is 50.2 Å². The van der Waals surface area contributed by atoms with Crippen LogP contribution in [0, 0.1) is 0 Å². The number of fused-ring (bicyclic) bond motifs is 2. The molecule has 2 unspecified atom stereocenters. The second-order valence-electron chi connectivity index (χ2n) is 5.91. The Balaban J connectivity index is 1.74. The third kappa shape index (κ3) is 2.39. The first-order valence-electron chi connectivity index (χ1n) is 7.15. The Kier molecular flexibility index (Phi) is 3.31. The summed E-state index contributed by atoms with van der Waals surface area (Å²) in [6.45, 7) is 0. The molecule has 2 atom stereocenters.